The standard InChI is InChI=1S/C17H23N3/c1-11(2)8-13-6-5-7-14(9-13)16-15(12(3)4)17(18)20-10-19-16/h5-7,9-12H,8H2,1-4H3,(H2,18,19,20). The van der Waals surface area contributed by atoms with Gasteiger partial charge in [0, 0.05) is 11.1 Å². The molecule has 0 aliphatic heterocycles. The van der Waals surface area contributed by atoms with Crippen molar-refractivity contribution in [1.82, 2.24) is 9.97 Å². The summed E-state index contributed by atoms with van der Waals surface area (Å²) in [5.41, 5.74) is 10.5. The smallest absolute Gasteiger partial charge is 0.130 e. The number of hydrogen-bond acceptors (Lipinski definition) is 3. The first-order valence-electron chi connectivity index (χ1n) is 7.18. The van der Waals surface area contributed by atoms with Crippen LogP contribution in [0.3, 0.4) is 0 Å². The lowest BCUT2D eigenvalue weighted by atomic mass is 9.95. The van der Waals surface area contributed by atoms with Crippen LogP contribution in [-0.4, -0.2) is 9.97 Å². The van der Waals surface area contributed by atoms with Crippen molar-refractivity contribution in [1.29, 1.82) is 0 Å². The quantitative estimate of drug-likeness (QED) is 0.911. The van der Waals surface area contributed by atoms with Gasteiger partial charge in [-0.2, -0.15) is 0 Å². The summed E-state index contributed by atoms with van der Waals surface area (Å²) in [4.78, 5) is 8.58. The van der Waals surface area contributed by atoms with Gasteiger partial charge in [0.15, 0.2) is 0 Å². The number of nitrogen functional groups attached to an aromatic ring is 1. The van der Waals surface area contributed by atoms with E-state index >= 15 is 0 Å². The second-order valence-electron chi connectivity index (χ2n) is 5.97. The summed E-state index contributed by atoms with van der Waals surface area (Å²) in [6.07, 6.45) is 2.62. The Morgan fingerprint density at radius 2 is 1.85 bits per heavy atom. The van der Waals surface area contributed by atoms with Gasteiger partial charge in [-0.15, -0.1) is 0 Å². The summed E-state index contributed by atoms with van der Waals surface area (Å²) in [7, 11) is 0. The maximum atomic E-state index is 6.03. The molecule has 0 unspecified atom stereocenters. The molecule has 2 N–H and O–H groups in total. The van der Waals surface area contributed by atoms with Crippen molar-refractivity contribution in [3.63, 3.8) is 0 Å². The van der Waals surface area contributed by atoms with E-state index in [0.717, 1.165) is 23.2 Å². The van der Waals surface area contributed by atoms with Gasteiger partial charge in [-0.05, 0) is 29.9 Å². The number of nitrogens with two attached hydrogens (primary N) is 1. The summed E-state index contributed by atoms with van der Waals surface area (Å²) < 4.78 is 0. The zero-order valence-electron chi connectivity index (χ0n) is 12.7. The Labute approximate surface area is 121 Å². The molecule has 3 nitrogen and oxygen atoms in total. The molecule has 1 heterocycles. The highest BCUT2D eigenvalue weighted by molar-refractivity contribution is 5.68. The molecular formula is C17H23N3. The largest absolute Gasteiger partial charge is 0.383 e. The molecule has 0 aliphatic rings. The number of aromatic nitrogens is 2. The highest BCUT2D eigenvalue weighted by Gasteiger charge is 2.14. The molecule has 0 saturated heterocycles. The van der Waals surface area contributed by atoms with Crippen LogP contribution in [0.15, 0.2) is 30.6 Å². The van der Waals surface area contributed by atoms with Gasteiger partial charge >= 0.3 is 0 Å². The van der Waals surface area contributed by atoms with Crippen LogP contribution in [0.2, 0.25) is 0 Å². The van der Waals surface area contributed by atoms with Crippen LogP contribution in [-0.2, 0) is 6.42 Å². The molecule has 0 atom stereocenters. The van der Waals surface area contributed by atoms with Gasteiger partial charge in [0.2, 0.25) is 0 Å². The second kappa shape index (κ2) is 6.04. The summed E-state index contributed by atoms with van der Waals surface area (Å²) in [5, 5.41) is 0. The van der Waals surface area contributed by atoms with Crippen molar-refractivity contribution in [3.8, 4) is 11.3 Å². The molecular weight excluding hydrogens is 246 g/mol. The summed E-state index contributed by atoms with van der Waals surface area (Å²) in [5.74, 6) is 1.53. The lowest BCUT2D eigenvalue weighted by Gasteiger charge is -2.14. The predicted octanol–water partition coefficient (Wildman–Crippen LogP) is 4.05. The van der Waals surface area contributed by atoms with Gasteiger partial charge in [0.25, 0.3) is 0 Å². The van der Waals surface area contributed by atoms with Crippen LogP contribution in [0.4, 0.5) is 5.82 Å². The number of hydrogen-bond donors (Lipinski definition) is 1. The van der Waals surface area contributed by atoms with E-state index in [0.29, 0.717) is 17.7 Å². The van der Waals surface area contributed by atoms with E-state index in [1.165, 1.54) is 5.56 Å². The number of benzene rings is 1. The molecule has 0 amide bonds. The Kier molecular flexibility index (Phi) is 4.38. The fraction of sp³-hybridized carbons (Fsp3) is 0.412. The van der Waals surface area contributed by atoms with E-state index in [1.807, 2.05) is 0 Å². The first kappa shape index (κ1) is 14.5. The van der Waals surface area contributed by atoms with Gasteiger partial charge in [0.1, 0.15) is 12.1 Å². The van der Waals surface area contributed by atoms with E-state index in [-0.39, 0.29) is 0 Å². The Morgan fingerprint density at radius 1 is 1.10 bits per heavy atom. The summed E-state index contributed by atoms with van der Waals surface area (Å²) >= 11 is 0. The van der Waals surface area contributed by atoms with Crippen molar-refractivity contribution in [2.45, 2.75) is 40.0 Å². The van der Waals surface area contributed by atoms with Crippen molar-refractivity contribution in [3.05, 3.63) is 41.7 Å². The van der Waals surface area contributed by atoms with Gasteiger partial charge in [-0.1, -0.05) is 45.9 Å². The Hall–Kier alpha value is -1.90. The SMILES string of the molecule is CC(C)Cc1cccc(-c2ncnc(N)c2C(C)C)c1. The Morgan fingerprint density at radius 3 is 2.50 bits per heavy atom. The molecule has 2 rings (SSSR count). The van der Waals surface area contributed by atoms with E-state index in [2.05, 4.69) is 61.9 Å². The van der Waals surface area contributed by atoms with Crippen molar-refractivity contribution in [2.24, 2.45) is 5.92 Å². The molecule has 0 bridgehead atoms. The zero-order valence-corrected chi connectivity index (χ0v) is 12.7. The first-order valence-corrected chi connectivity index (χ1v) is 7.18. The minimum Gasteiger partial charge on any atom is -0.383 e. The molecule has 3 heteroatoms. The van der Waals surface area contributed by atoms with Crippen LogP contribution < -0.4 is 5.73 Å². The maximum Gasteiger partial charge on any atom is 0.130 e. The van der Waals surface area contributed by atoms with E-state index in [9.17, 15) is 0 Å². The van der Waals surface area contributed by atoms with Crippen LogP contribution >= 0.6 is 0 Å². The van der Waals surface area contributed by atoms with Crippen molar-refractivity contribution < 1.29 is 0 Å². The Balaban J connectivity index is 2.49. The lowest BCUT2D eigenvalue weighted by molar-refractivity contribution is 0.647. The van der Waals surface area contributed by atoms with Crippen LogP contribution in [0, 0.1) is 5.92 Å². The average molecular weight is 269 g/mol. The van der Waals surface area contributed by atoms with Crippen molar-refractivity contribution >= 4 is 5.82 Å². The molecule has 0 saturated carbocycles. The molecule has 2 aromatic rings. The molecule has 0 fully saturated rings. The van der Waals surface area contributed by atoms with Gasteiger partial charge in [0.05, 0.1) is 5.69 Å². The maximum absolute atomic E-state index is 6.03. The highest BCUT2D eigenvalue weighted by atomic mass is 14.9. The Bertz CT molecular complexity index is 589. The fourth-order valence-corrected chi connectivity index (χ4v) is 2.53. The van der Waals surface area contributed by atoms with Crippen LogP contribution in [0.1, 0.15) is 44.7 Å². The van der Waals surface area contributed by atoms with Crippen molar-refractivity contribution in [2.75, 3.05) is 5.73 Å². The number of anilines is 1. The minimum absolute atomic E-state index is 0.306. The third-order valence-corrected chi connectivity index (χ3v) is 3.34. The summed E-state index contributed by atoms with van der Waals surface area (Å²) in [6, 6.07) is 8.57. The second-order valence-corrected chi connectivity index (χ2v) is 5.97. The highest BCUT2D eigenvalue weighted by Crippen LogP contribution is 2.31. The predicted molar refractivity (Wildman–Crippen MR) is 84.5 cm³/mol. The minimum atomic E-state index is 0.306. The van der Waals surface area contributed by atoms with Crippen LogP contribution in [0.5, 0.6) is 0 Å². The molecule has 0 spiro atoms. The average Bonchev–Trinajstić information content (AvgIpc) is 2.37. The summed E-state index contributed by atoms with van der Waals surface area (Å²) in [6.45, 7) is 8.71. The molecule has 1 aromatic heterocycles. The van der Waals surface area contributed by atoms with E-state index < -0.39 is 0 Å². The van der Waals surface area contributed by atoms with Gasteiger partial charge < -0.3 is 5.73 Å². The zero-order chi connectivity index (χ0) is 14.7. The number of nitrogens with zero attached hydrogens (tertiary/aromatic N) is 2. The number of rotatable bonds is 4. The van der Waals surface area contributed by atoms with E-state index in [1.54, 1.807) is 6.33 Å². The molecule has 0 aliphatic carbocycles. The van der Waals surface area contributed by atoms with Crippen LogP contribution in [0.25, 0.3) is 11.3 Å². The molecule has 20 heavy (non-hydrogen) atoms. The molecule has 0 radical (unpaired) electrons. The van der Waals surface area contributed by atoms with Gasteiger partial charge in [-0.3, -0.25) is 0 Å². The topological polar surface area (TPSA) is 51.8 Å². The first-order chi connectivity index (χ1) is 9.49. The van der Waals surface area contributed by atoms with Gasteiger partial charge in [-0.25, -0.2) is 9.97 Å². The lowest BCUT2D eigenvalue weighted by Crippen LogP contribution is -2.04. The van der Waals surface area contributed by atoms with E-state index in [4.69, 9.17) is 5.73 Å². The monoisotopic (exact) mass is 269 g/mol. The molecule has 106 valence electrons. The third-order valence-electron chi connectivity index (χ3n) is 3.34. The fourth-order valence-electron chi connectivity index (χ4n) is 2.53. The normalized spacial score (nSPS) is 11.3. The molecule has 1 aromatic carbocycles. The third kappa shape index (κ3) is 3.16.